The molecule has 0 aliphatic rings. The minimum atomic E-state index is -1.25. The van der Waals surface area contributed by atoms with Crippen molar-refractivity contribution in [3.8, 4) is 34.5 Å². The number of unbranched alkanes of at least 4 members (excludes halogenated alkanes) is 7. The van der Waals surface area contributed by atoms with Crippen LogP contribution in [0.3, 0.4) is 0 Å². The number of benzene rings is 3. The summed E-state index contributed by atoms with van der Waals surface area (Å²) in [5.74, 6) is -4.80. The van der Waals surface area contributed by atoms with Crippen LogP contribution >= 0.6 is 0 Å². The smallest absolute Gasteiger partial charge is 0.332 e. The second-order valence-corrected chi connectivity index (χ2v) is 28.8. The zero-order chi connectivity index (χ0) is 89.0. The Morgan fingerprint density at radius 2 is 0.669 bits per heavy atom. The van der Waals surface area contributed by atoms with E-state index in [0.29, 0.717) is 61.6 Å². The van der Waals surface area contributed by atoms with Crippen LogP contribution in [-0.4, -0.2) is 110 Å². The number of hydrazine groups is 1. The van der Waals surface area contributed by atoms with Gasteiger partial charge in [-0.25, -0.2) is 19.8 Å². The molecule has 21 nitrogen and oxygen atoms in total. The molecule has 0 saturated carbocycles. The van der Waals surface area contributed by atoms with Crippen LogP contribution in [0.1, 0.15) is 251 Å². The summed E-state index contributed by atoms with van der Waals surface area (Å²) in [5.41, 5.74) is 5.82. The molecule has 4 atom stereocenters. The van der Waals surface area contributed by atoms with E-state index in [1.807, 2.05) is 6.08 Å². The monoisotopic (exact) mass is 1670 g/mol. The first-order valence-electron chi connectivity index (χ1n) is 43.0. The third-order valence-electron chi connectivity index (χ3n) is 18.0. The van der Waals surface area contributed by atoms with Crippen LogP contribution in [-0.2, 0) is 71.8 Å². The van der Waals surface area contributed by atoms with E-state index >= 15 is 0 Å². The summed E-state index contributed by atoms with van der Waals surface area (Å²) in [7, 11) is 2.53. The van der Waals surface area contributed by atoms with Gasteiger partial charge in [0.15, 0.2) is 34.5 Å². The normalized spacial score (nSPS) is 13.3. The molecule has 0 aromatic heterocycles. The number of hydrogen-bond donors (Lipinski definition) is 10. The number of nitrogens with one attached hydrogen (secondary N) is 4. The molecule has 3 rings (SSSR count). The van der Waals surface area contributed by atoms with Crippen molar-refractivity contribution in [2.75, 3.05) is 14.2 Å². The van der Waals surface area contributed by atoms with E-state index in [1.165, 1.54) is 57.5 Å². The van der Waals surface area contributed by atoms with E-state index in [9.17, 15) is 64.2 Å². The Morgan fingerprint density at radius 3 is 1.00 bits per heavy atom. The molecule has 0 aliphatic carbocycles. The van der Waals surface area contributed by atoms with Gasteiger partial charge < -0.3 is 60.2 Å². The molecule has 0 heterocycles. The second kappa shape index (κ2) is 72.8. The Hall–Kier alpha value is -11.2. The quantitative estimate of drug-likeness (QED) is 0.00477. The fraction of sp³-hybridized carbons (Fsp3) is 0.450. The van der Waals surface area contributed by atoms with E-state index in [2.05, 4.69) is 225 Å². The fourth-order valence-corrected chi connectivity index (χ4v) is 11.3. The van der Waals surface area contributed by atoms with Gasteiger partial charge in [0.2, 0.25) is 24.0 Å². The Morgan fingerprint density at radius 1 is 0.355 bits per heavy atom. The number of phenolic OH excluding ortho intramolecular Hbond substituents is 6. The summed E-state index contributed by atoms with van der Waals surface area (Å²) in [4.78, 5) is 86.9. The van der Waals surface area contributed by atoms with Gasteiger partial charge in [0.25, 0.3) is 0 Å². The number of methoxy groups -OCH3 is 2. The fourth-order valence-electron chi connectivity index (χ4n) is 11.3. The average molecular weight is 1670 g/mol. The van der Waals surface area contributed by atoms with Crippen LogP contribution in [0.2, 0.25) is 0 Å². The Bertz CT molecular complexity index is 3880. The van der Waals surface area contributed by atoms with Crippen LogP contribution in [0.15, 0.2) is 237 Å². The third kappa shape index (κ3) is 59.2. The third-order valence-corrected chi connectivity index (χ3v) is 18.0. The van der Waals surface area contributed by atoms with Crippen LogP contribution in [0, 0.1) is 0 Å². The molecule has 664 valence electrons. The molecule has 121 heavy (non-hydrogen) atoms. The van der Waals surface area contributed by atoms with Gasteiger partial charge in [-0.2, -0.15) is 0 Å². The number of hydrogen-bond acceptors (Lipinski definition) is 18. The summed E-state index contributed by atoms with van der Waals surface area (Å²) >= 11 is 0. The molecular formula is C100H142N4O17. The maximum absolute atomic E-state index is 13.0. The number of rotatable bonds is 60. The molecule has 0 saturated heterocycles. The lowest BCUT2D eigenvalue weighted by molar-refractivity contribution is -0.186. The van der Waals surface area contributed by atoms with E-state index in [4.69, 9.17) is 18.9 Å². The Labute approximate surface area is 722 Å². The summed E-state index contributed by atoms with van der Waals surface area (Å²) in [6.45, 7) is 11.6. The van der Waals surface area contributed by atoms with Crippen LogP contribution in [0.4, 0.5) is 0 Å². The van der Waals surface area contributed by atoms with Gasteiger partial charge in [-0.05, 0) is 201 Å². The molecule has 3 unspecified atom stereocenters. The van der Waals surface area contributed by atoms with Crippen molar-refractivity contribution < 1.29 is 83.1 Å². The van der Waals surface area contributed by atoms with Crippen molar-refractivity contribution in [2.45, 2.75) is 277 Å². The van der Waals surface area contributed by atoms with Gasteiger partial charge in [-0.15, -0.1) is 0 Å². The zero-order valence-corrected chi connectivity index (χ0v) is 73.3. The van der Waals surface area contributed by atoms with E-state index in [-0.39, 0.29) is 84.3 Å². The lowest BCUT2D eigenvalue weighted by Gasteiger charge is -2.28. The molecule has 10 N–H and O–H groups in total. The number of ether oxygens (including phenoxy) is 4. The highest BCUT2D eigenvalue weighted by Crippen LogP contribution is 2.29. The molecule has 3 amide bonds. The van der Waals surface area contributed by atoms with Gasteiger partial charge in [-0.3, -0.25) is 24.6 Å². The summed E-state index contributed by atoms with van der Waals surface area (Å²) in [6, 6.07) is 10.8. The van der Waals surface area contributed by atoms with Crippen molar-refractivity contribution in [2.24, 2.45) is 0 Å². The first-order chi connectivity index (χ1) is 58.6. The lowest BCUT2D eigenvalue weighted by Crippen LogP contribution is -2.58. The van der Waals surface area contributed by atoms with Gasteiger partial charge in [0.1, 0.15) is 17.6 Å². The number of carbonyl (C=O) groups excluding carboxylic acids is 7. The number of phenols is 6. The molecule has 0 aliphatic heterocycles. The predicted octanol–water partition coefficient (Wildman–Crippen LogP) is 21.2. The van der Waals surface area contributed by atoms with Crippen molar-refractivity contribution in [3.05, 3.63) is 254 Å². The second-order valence-electron chi connectivity index (χ2n) is 28.8. The molecule has 21 heteroatoms. The highest BCUT2D eigenvalue weighted by atomic mass is 16.7. The van der Waals surface area contributed by atoms with Crippen molar-refractivity contribution in [1.29, 1.82) is 0 Å². The van der Waals surface area contributed by atoms with Gasteiger partial charge in [0.05, 0.1) is 14.2 Å². The SMILES string of the molecule is CC/C=C\C/C=C\C/C=C\C/C=C\C/C=C\CCCC(=O)NC(Cc1ccc(O)c(O)c1)C(=O)OC.CC/C=C\C/C=C\C/C=C\C/C=C\C/C=C\CCCC(=O)NC(Cc1ccc(O)c(O)c1)C(=O)OC(C)OC(=O)CCCCCCC.CC/C=C\C/C=C\C/C=C\C/C=C\C/C=C\CCCC(=O)NN[C@@](C)(Cc1ccc(O)c(O)c1)C(=O)OC. The maximum Gasteiger partial charge on any atom is 0.332 e. The number of aromatic hydroxyl groups is 6. The molecule has 0 spiro atoms. The van der Waals surface area contributed by atoms with E-state index in [1.54, 1.807) is 25.1 Å². The summed E-state index contributed by atoms with van der Waals surface area (Å²) in [5, 5.41) is 63.2. The Balaban J connectivity index is 0.000000917. The number of esters is 4. The van der Waals surface area contributed by atoms with Crippen molar-refractivity contribution in [1.82, 2.24) is 21.5 Å². The Kier molecular flexibility index (Phi) is 64.9. The van der Waals surface area contributed by atoms with Gasteiger partial charge in [0, 0.05) is 51.9 Å². The largest absolute Gasteiger partial charge is 0.504 e. The van der Waals surface area contributed by atoms with Crippen molar-refractivity contribution >= 4 is 41.6 Å². The first kappa shape index (κ1) is 108. The summed E-state index contributed by atoms with van der Waals surface area (Å²) in [6.07, 6.45) is 88.1. The molecule has 0 bridgehead atoms. The molecule has 0 fully saturated rings. The van der Waals surface area contributed by atoms with Crippen molar-refractivity contribution in [3.63, 3.8) is 0 Å². The number of allylic oxidation sites excluding steroid dienone is 30. The van der Waals surface area contributed by atoms with Gasteiger partial charge in [-0.1, -0.05) is 254 Å². The molecular weight excluding hydrogens is 1530 g/mol. The molecule has 0 radical (unpaired) electrons. The van der Waals surface area contributed by atoms with Crippen LogP contribution in [0.25, 0.3) is 0 Å². The summed E-state index contributed by atoms with van der Waals surface area (Å²) < 4.78 is 20.3. The average Bonchev–Trinajstić information content (AvgIpc) is 0.830. The van der Waals surface area contributed by atoms with Crippen LogP contribution in [0.5, 0.6) is 34.5 Å². The minimum absolute atomic E-state index is 0.0191. The number of carbonyl (C=O) groups is 7. The highest BCUT2D eigenvalue weighted by molar-refractivity contribution is 5.86. The van der Waals surface area contributed by atoms with Crippen LogP contribution < -0.4 is 21.5 Å². The topological polar surface area (TPSA) is 326 Å². The maximum atomic E-state index is 13.0. The van der Waals surface area contributed by atoms with E-state index in [0.717, 1.165) is 135 Å². The van der Waals surface area contributed by atoms with E-state index < -0.39 is 47.8 Å². The minimum Gasteiger partial charge on any atom is -0.504 e. The lowest BCUT2D eigenvalue weighted by atomic mass is 9.93. The van der Waals surface area contributed by atoms with Gasteiger partial charge >= 0.3 is 23.9 Å². The highest BCUT2D eigenvalue weighted by Gasteiger charge is 2.35. The number of amides is 3. The standard InChI is InChI=1S/C39H57NO7.C31H44N2O5.C30H41NO5/c1-4-6-8-10-11-12-13-14-15-16-17-18-19-20-21-23-24-26-37(43)40-34(30-33-28-29-35(41)36(42)31-33)39(45)47-32(3)46-38(44)27-25-22-9-7-5-2;1-4-5-6-7-8-9-10-11-12-13-14-15-16-17-18-19-20-21-29(36)32-33-31(2,30(37)38-3)25-26-22-23-27(34)28(35)24-26;1-3-4-5-6-7-8-9-10-11-12-13-14-15-16-17-18-19-20-29(34)31-26(30(35)36-2)23-25-21-22-27(32)28(33)24-25/h6,8,11-12,14-15,17-18,20-21,28-29,31-32,34,41-42H,4-5,7,9-10,13,16,19,22-27,30H2,1-3H3,(H,40,43);5-6,8-9,11-12,14-15,17-18,22-24,33-35H,4,7,10,13,16,19-21,25H2,1-3H3,(H,32,36);4-5,7-8,10-11,13-14,16-17,21-22,24,26,32-33H,3,6,9,12,15,18-20,23H2,1-2H3,(H,31,34)/b8-6-,12-11-,15-14-,18-17-,21-20-;6-5-,9-8-,12-11-,15-14-,18-17-;5-4-,8-7-,11-10-,14-13-,17-16-/t;31-;/m.0./s1. The first-order valence-corrected chi connectivity index (χ1v) is 43.0. The zero-order valence-electron chi connectivity index (χ0n) is 73.3. The molecule has 3 aromatic rings. The molecule has 3 aromatic carbocycles. The predicted molar refractivity (Wildman–Crippen MR) is 488 cm³/mol.